The average molecular weight is 445 g/mol. The quantitative estimate of drug-likeness (QED) is 0.302. The number of ether oxygens (including phenoxy) is 1. The topological polar surface area (TPSA) is 84.6 Å². The molecule has 7 nitrogen and oxygen atoms in total. The van der Waals surface area contributed by atoms with E-state index in [2.05, 4.69) is 32.3 Å². The Morgan fingerprint density at radius 3 is 2.88 bits per heavy atom. The lowest BCUT2D eigenvalue weighted by Gasteiger charge is -2.22. The Labute approximate surface area is 158 Å². The van der Waals surface area contributed by atoms with E-state index in [1.807, 2.05) is 6.08 Å². The average Bonchev–Trinajstić information content (AvgIpc) is 2.99. The molecule has 3 fully saturated rings. The summed E-state index contributed by atoms with van der Waals surface area (Å²) in [6, 6.07) is 0.328. The molecule has 2 aliphatic heterocycles. The van der Waals surface area contributed by atoms with Crippen molar-refractivity contribution in [3.8, 4) is 0 Å². The molecule has 3 aliphatic rings. The van der Waals surface area contributed by atoms with E-state index in [-0.39, 0.29) is 24.0 Å². The van der Waals surface area contributed by atoms with Crippen molar-refractivity contribution in [2.24, 2.45) is 4.99 Å². The summed E-state index contributed by atoms with van der Waals surface area (Å²) in [5.41, 5.74) is 0. The van der Waals surface area contributed by atoms with Gasteiger partial charge in [0.15, 0.2) is 11.8 Å². The Bertz CT molecular complexity index is 601. The van der Waals surface area contributed by atoms with Crippen molar-refractivity contribution >= 4 is 29.9 Å². The standard InChI is InChI=1S/C16H23N5O2.HI/c1-2-7-17-16(19-12-8-11-5-6-13(12)22-11)18-9-14-20-15(21-23-14)10-3-4-10;/h2,10-13H,1,3-9H2,(H2,17,18,19);1H. The Morgan fingerprint density at radius 2 is 2.21 bits per heavy atom. The molecule has 2 bridgehead atoms. The summed E-state index contributed by atoms with van der Waals surface area (Å²) < 4.78 is 11.2. The summed E-state index contributed by atoms with van der Waals surface area (Å²) in [7, 11) is 0. The second-order valence-electron chi connectivity index (χ2n) is 6.52. The molecule has 3 unspecified atom stereocenters. The van der Waals surface area contributed by atoms with Gasteiger partial charge in [-0.2, -0.15) is 4.98 Å². The van der Waals surface area contributed by atoms with Gasteiger partial charge in [0, 0.05) is 12.5 Å². The first kappa shape index (κ1) is 17.7. The molecule has 1 aliphatic carbocycles. The largest absolute Gasteiger partial charge is 0.373 e. The van der Waals surface area contributed by atoms with Gasteiger partial charge >= 0.3 is 0 Å². The van der Waals surface area contributed by atoms with Gasteiger partial charge in [-0.05, 0) is 32.1 Å². The molecule has 2 saturated heterocycles. The van der Waals surface area contributed by atoms with Crippen LogP contribution in [0.15, 0.2) is 22.2 Å². The maximum Gasteiger partial charge on any atom is 0.248 e. The molecule has 3 heterocycles. The second kappa shape index (κ2) is 7.81. The van der Waals surface area contributed by atoms with Crippen molar-refractivity contribution in [3.63, 3.8) is 0 Å². The lowest BCUT2D eigenvalue weighted by atomic mass is 9.96. The van der Waals surface area contributed by atoms with Crippen LogP contribution in [-0.2, 0) is 11.3 Å². The summed E-state index contributed by atoms with van der Waals surface area (Å²) in [5.74, 6) is 2.64. The number of rotatable bonds is 6. The second-order valence-corrected chi connectivity index (χ2v) is 6.52. The van der Waals surface area contributed by atoms with Gasteiger partial charge in [-0.3, -0.25) is 0 Å². The van der Waals surface area contributed by atoms with Crippen molar-refractivity contribution in [1.82, 2.24) is 20.8 Å². The van der Waals surface area contributed by atoms with Crippen molar-refractivity contribution in [1.29, 1.82) is 0 Å². The summed E-state index contributed by atoms with van der Waals surface area (Å²) in [6.07, 6.45) is 8.22. The molecule has 4 rings (SSSR count). The first-order valence-corrected chi connectivity index (χ1v) is 8.45. The third kappa shape index (κ3) is 4.08. The zero-order valence-corrected chi connectivity index (χ0v) is 15.9. The highest BCUT2D eigenvalue weighted by molar-refractivity contribution is 14.0. The van der Waals surface area contributed by atoms with Crippen molar-refractivity contribution in [3.05, 3.63) is 24.4 Å². The fourth-order valence-corrected chi connectivity index (χ4v) is 3.27. The van der Waals surface area contributed by atoms with E-state index in [0.29, 0.717) is 43.1 Å². The van der Waals surface area contributed by atoms with Crippen molar-refractivity contribution in [2.75, 3.05) is 6.54 Å². The number of nitrogens with zero attached hydrogens (tertiary/aromatic N) is 3. The third-order valence-corrected chi connectivity index (χ3v) is 4.64. The number of hydrogen-bond acceptors (Lipinski definition) is 5. The zero-order valence-electron chi connectivity index (χ0n) is 13.6. The fraction of sp³-hybridized carbons (Fsp3) is 0.688. The number of halogens is 1. The monoisotopic (exact) mass is 445 g/mol. The van der Waals surface area contributed by atoms with Gasteiger partial charge in [0.25, 0.3) is 0 Å². The Hall–Kier alpha value is -1.16. The normalized spacial score (nSPS) is 28.5. The van der Waals surface area contributed by atoms with E-state index >= 15 is 0 Å². The first-order valence-electron chi connectivity index (χ1n) is 8.45. The maximum absolute atomic E-state index is 5.88. The van der Waals surface area contributed by atoms with E-state index < -0.39 is 0 Å². The number of guanidine groups is 1. The minimum atomic E-state index is 0. The van der Waals surface area contributed by atoms with E-state index in [9.17, 15) is 0 Å². The van der Waals surface area contributed by atoms with Gasteiger partial charge in [0.05, 0.1) is 18.2 Å². The summed E-state index contributed by atoms with van der Waals surface area (Å²) in [4.78, 5) is 8.98. The van der Waals surface area contributed by atoms with Gasteiger partial charge in [0.1, 0.15) is 6.54 Å². The molecule has 132 valence electrons. The fourth-order valence-electron chi connectivity index (χ4n) is 3.27. The first-order chi connectivity index (χ1) is 11.3. The molecule has 1 aromatic heterocycles. The Balaban J connectivity index is 0.00000169. The van der Waals surface area contributed by atoms with Crippen LogP contribution in [0.3, 0.4) is 0 Å². The van der Waals surface area contributed by atoms with Crippen LogP contribution in [-0.4, -0.2) is 40.9 Å². The number of fused-ring (bicyclic) bond motifs is 2. The van der Waals surface area contributed by atoms with Gasteiger partial charge in [-0.15, -0.1) is 30.6 Å². The van der Waals surface area contributed by atoms with E-state index in [0.717, 1.165) is 24.6 Å². The highest BCUT2D eigenvalue weighted by Crippen LogP contribution is 2.38. The molecule has 0 aromatic carbocycles. The van der Waals surface area contributed by atoms with E-state index in [1.165, 1.54) is 19.3 Å². The van der Waals surface area contributed by atoms with Gasteiger partial charge in [-0.25, -0.2) is 4.99 Å². The summed E-state index contributed by atoms with van der Waals surface area (Å²) in [6.45, 7) is 4.78. The van der Waals surface area contributed by atoms with Crippen LogP contribution < -0.4 is 10.6 Å². The third-order valence-electron chi connectivity index (χ3n) is 4.64. The smallest absolute Gasteiger partial charge is 0.248 e. The molecule has 1 saturated carbocycles. The van der Waals surface area contributed by atoms with Gasteiger partial charge in [-0.1, -0.05) is 11.2 Å². The molecular formula is C16H24IN5O2. The molecule has 24 heavy (non-hydrogen) atoms. The molecule has 0 amide bonds. The van der Waals surface area contributed by atoms with Crippen LogP contribution in [0.5, 0.6) is 0 Å². The van der Waals surface area contributed by atoms with Crippen molar-refractivity contribution in [2.45, 2.75) is 62.8 Å². The van der Waals surface area contributed by atoms with Crippen LogP contribution in [0, 0.1) is 0 Å². The molecule has 3 atom stereocenters. The molecule has 8 heteroatoms. The van der Waals surface area contributed by atoms with Crippen LogP contribution in [0.4, 0.5) is 0 Å². The molecule has 1 aromatic rings. The number of hydrogen-bond donors (Lipinski definition) is 2. The Morgan fingerprint density at radius 1 is 1.33 bits per heavy atom. The van der Waals surface area contributed by atoms with Crippen LogP contribution >= 0.6 is 24.0 Å². The minimum Gasteiger partial charge on any atom is -0.373 e. The number of aromatic nitrogens is 2. The summed E-state index contributed by atoms with van der Waals surface area (Å²) >= 11 is 0. The SMILES string of the molecule is C=CCNC(=NCc1nc(C2CC2)no1)NC1CC2CCC1O2.I. The zero-order chi connectivity index (χ0) is 15.6. The molecule has 2 N–H and O–H groups in total. The number of aliphatic imine (C=N–C) groups is 1. The van der Waals surface area contributed by atoms with Crippen molar-refractivity contribution < 1.29 is 9.26 Å². The maximum atomic E-state index is 5.88. The predicted molar refractivity (Wildman–Crippen MR) is 100 cm³/mol. The predicted octanol–water partition coefficient (Wildman–Crippen LogP) is 2.11. The number of nitrogens with one attached hydrogen (secondary N) is 2. The molecule has 0 spiro atoms. The lowest BCUT2D eigenvalue weighted by Crippen LogP contribution is -2.47. The molecule has 0 radical (unpaired) electrons. The van der Waals surface area contributed by atoms with Gasteiger partial charge < -0.3 is 19.9 Å². The highest BCUT2D eigenvalue weighted by atomic mass is 127. The summed E-state index contributed by atoms with van der Waals surface area (Å²) in [5, 5.41) is 10.7. The highest BCUT2D eigenvalue weighted by Gasteiger charge is 2.41. The van der Waals surface area contributed by atoms with Gasteiger partial charge in [0.2, 0.25) is 5.89 Å². The van der Waals surface area contributed by atoms with E-state index in [4.69, 9.17) is 9.26 Å². The van der Waals surface area contributed by atoms with E-state index in [1.54, 1.807) is 0 Å². The lowest BCUT2D eigenvalue weighted by molar-refractivity contribution is 0.0992. The minimum absolute atomic E-state index is 0. The Kier molecular flexibility index (Phi) is 5.75. The van der Waals surface area contributed by atoms with Crippen LogP contribution in [0.2, 0.25) is 0 Å². The van der Waals surface area contributed by atoms with Crippen LogP contribution in [0.1, 0.15) is 49.7 Å². The van der Waals surface area contributed by atoms with Crippen LogP contribution in [0.25, 0.3) is 0 Å². The molecular weight excluding hydrogens is 421 g/mol.